The predicted molar refractivity (Wildman–Crippen MR) is 217 cm³/mol. The molecular formula is C49H31N3O. The van der Waals surface area contributed by atoms with Gasteiger partial charge in [0.15, 0.2) is 17.5 Å². The fourth-order valence-electron chi connectivity index (χ4n) is 7.44. The number of hydrogen-bond acceptors (Lipinski definition) is 4. The summed E-state index contributed by atoms with van der Waals surface area (Å²) in [6, 6.07) is 65.2. The van der Waals surface area contributed by atoms with Gasteiger partial charge in [-0.25, -0.2) is 15.0 Å². The summed E-state index contributed by atoms with van der Waals surface area (Å²) in [6.45, 7) is 0. The van der Waals surface area contributed by atoms with E-state index < -0.39 is 0 Å². The third-order valence-corrected chi connectivity index (χ3v) is 10.00. The number of benzene rings is 8. The van der Waals surface area contributed by atoms with Crippen molar-refractivity contribution in [1.82, 2.24) is 15.0 Å². The van der Waals surface area contributed by atoms with Gasteiger partial charge in [0.05, 0.1) is 5.56 Å². The number of fused-ring (bicyclic) bond motifs is 4. The van der Waals surface area contributed by atoms with Crippen LogP contribution in [0.4, 0.5) is 0 Å². The van der Waals surface area contributed by atoms with E-state index in [1.54, 1.807) is 0 Å². The molecule has 4 heteroatoms. The Morgan fingerprint density at radius 3 is 1.40 bits per heavy atom. The normalized spacial score (nSPS) is 11.4. The Morgan fingerprint density at radius 1 is 0.264 bits per heavy atom. The molecule has 0 aliphatic rings. The quantitative estimate of drug-likeness (QED) is 0.176. The Balaban J connectivity index is 1.13. The van der Waals surface area contributed by atoms with Gasteiger partial charge >= 0.3 is 0 Å². The average Bonchev–Trinajstić information content (AvgIpc) is 3.63. The van der Waals surface area contributed by atoms with Gasteiger partial charge in [-0.05, 0) is 56.3 Å². The summed E-state index contributed by atoms with van der Waals surface area (Å²) < 4.78 is 6.46. The minimum absolute atomic E-state index is 0.559. The Hall–Kier alpha value is -7.17. The standard InChI is InChI=1S/C49H31N3O/c1-3-14-32(15-4-1)36-18-7-10-22-43(36)48-50-47(51-49(52-48)44-24-13-23-42-41-21-11-12-25-45(41)53-46(42)44)35-28-26-34(27-29-35)38-31-30-37(33-16-5-2-6-17-33)39-19-8-9-20-40(38)39/h1-31H. The van der Waals surface area contributed by atoms with Crippen molar-refractivity contribution >= 4 is 32.7 Å². The topological polar surface area (TPSA) is 51.8 Å². The first kappa shape index (κ1) is 30.6. The highest BCUT2D eigenvalue weighted by atomic mass is 16.3. The number of para-hydroxylation sites is 2. The van der Waals surface area contributed by atoms with Gasteiger partial charge in [-0.1, -0.05) is 176 Å². The molecule has 10 rings (SSSR count). The molecule has 2 heterocycles. The zero-order valence-corrected chi connectivity index (χ0v) is 28.6. The molecule has 53 heavy (non-hydrogen) atoms. The first-order valence-electron chi connectivity index (χ1n) is 17.8. The Labute approximate surface area is 306 Å². The summed E-state index contributed by atoms with van der Waals surface area (Å²) in [5, 5.41) is 4.53. The van der Waals surface area contributed by atoms with E-state index in [2.05, 4.69) is 146 Å². The lowest BCUT2D eigenvalue weighted by Crippen LogP contribution is -2.01. The average molecular weight is 678 g/mol. The van der Waals surface area contributed by atoms with Crippen molar-refractivity contribution < 1.29 is 4.42 Å². The Morgan fingerprint density at radius 2 is 0.717 bits per heavy atom. The number of aromatic nitrogens is 3. The van der Waals surface area contributed by atoms with Gasteiger partial charge in [0, 0.05) is 21.9 Å². The molecule has 2 aromatic heterocycles. The van der Waals surface area contributed by atoms with Crippen LogP contribution in [0.25, 0.3) is 100 Å². The van der Waals surface area contributed by atoms with Gasteiger partial charge in [-0.3, -0.25) is 0 Å². The Bertz CT molecular complexity index is 2930. The van der Waals surface area contributed by atoms with Gasteiger partial charge in [0.2, 0.25) is 0 Å². The van der Waals surface area contributed by atoms with Crippen LogP contribution >= 0.6 is 0 Å². The van der Waals surface area contributed by atoms with Crippen LogP contribution in [0.15, 0.2) is 192 Å². The molecule has 0 spiro atoms. The third kappa shape index (κ3) is 5.45. The van der Waals surface area contributed by atoms with E-state index in [1.165, 1.54) is 27.5 Å². The van der Waals surface area contributed by atoms with Crippen LogP contribution in [-0.4, -0.2) is 15.0 Å². The predicted octanol–water partition coefficient (Wildman–Crippen LogP) is 12.9. The van der Waals surface area contributed by atoms with E-state index >= 15 is 0 Å². The molecule has 0 N–H and O–H groups in total. The van der Waals surface area contributed by atoms with E-state index in [1.807, 2.05) is 42.5 Å². The van der Waals surface area contributed by atoms with Crippen LogP contribution in [0.2, 0.25) is 0 Å². The van der Waals surface area contributed by atoms with E-state index in [9.17, 15) is 0 Å². The zero-order valence-electron chi connectivity index (χ0n) is 28.6. The molecule has 248 valence electrons. The second-order valence-electron chi connectivity index (χ2n) is 13.1. The van der Waals surface area contributed by atoms with E-state index in [4.69, 9.17) is 19.4 Å². The van der Waals surface area contributed by atoms with Gasteiger partial charge in [0.1, 0.15) is 11.2 Å². The molecule has 0 aliphatic carbocycles. The van der Waals surface area contributed by atoms with E-state index in [0.717, 1.165) is 55.3 Å². The summed E-state index contributed by atoms with van der Waals surface area (Å²) in [4.78, 5) is 15.4. The molecule has 0 aliphatic heterocycles. The second-order valence-corrected chi connectivity index (χ2v) is 13.1. The number of furan rings is 1. The van der Waals surface area contributed by atoms with Crippen molar-refractivity contribution in [2.75, 3.05) is 0 Å². The van der Waals surface area contributed by atoms with Crippen LogP contribution < -0.4 is 0 Å². The van der Waals surface area contributed by atoms with Gasteiger partial charge in [-0.15, -0.1) is 0 Å². The van der Waals surface area contributed by atoms with E-state index in [0.29, 0.717) is 17.5 Å². The van der Waals surface area contributed by atoms with Crippen LogP contribution in [-0.2, 0) is 0 Å². The molecule has 0 amide bonds. The molecule has 0 bridgehead atoms. The molecule has 10 aromatic rings. The number of rotatable bonds is 6. The number of nitrogens with zero attached hydrogens (tertiary/aromatic N) is 3. The third-order valence-electron chi connectivity index (χ3n) is 10.00. The van der Waals surface area contributed by atoms with Crippen molar-refractivity contribution in [3.8, 4) is 67.5 Å². The summed E-state index contributed by atoms with van der Waals surface area (Å²) in [7, 11) is 0. The molecule has 0 unspecified atom stereocenters. The summed E-state index contributed by atoms with van der Waals surface area (Å²) in [5.74, 6) is 1.75. The van der Waals surface area contributed by atoms with Gasteiger partial charge in [0.25, 0.3) is 0 Å². The second kappa shape index (κ2) is 12.9. The molecule has 0 atom stereocenters. The summed E-state index contributed by atoms with van der Waals surface area (Å²) in [6.07, 6.45) is 0. The maximum absolute atomic E-state index is 6.46. The minimum atomic E-state index is 0.559. The maximum Gasteiger partial charge on any atom is 0.167 e. The Kier molecular flexibility index (Phi) is 7.43. The highest BCUT2D eigenvalue weighted by Gasteiger charge is 2.19. The van der Waals surface area contributed by atoms with Crippen LogP contribution in [0.3, 0.4) is 0 Å². The highest BCUT2D eigenvalue weighted by Crippen LogP contribution is 2.39. The fraction of sp³-hybridized carbons (Fsp3) is 0. The van der Waals surface area contributed by atoms with Crippen molar-refractivity contribution in [2.45, 2.75) is 0 Å². The van der Waals surface area contributed by atoms with E-state index in [-0.39, 0.29) is 0 Å². The van der Waals surface area contributed by atoms with Crippen LogP contribution in [0.1, 0.15) is 0 Å². The lowest BCUT2D eigenvalue weighted by Gasteiger charge is -2.13. The maximum atomic E-state index is 6.46. The molecule has 0 saturated carbocycles. The lowest BCUT2D eigenvalue weighted by molar-refractivity contribution is 0.669. The summed E-state index contributed by atoms with van der Waals surface area (Å²) >= 11 is 0. The van der Waals surface area contributed by atoms with Gasteiger partial charge < -0.3 is 4.42 Å². The number of hydrogen-bond donors (Lipinski definition) is 0. The SMILES string of the molecule is c1ccc(-c2ccccc2-c2nc(-c3ccc(-c4ccc(-c5ccccc5)c5ccccc45)cc3)nc(-c3cccc4c3oc3ccccc34)n2)cc1. The van der Waals surface area contributed by atoms with Crippen molar-refractivity contribution in [3.05, 3.63) is 188 Å². The van der Waals surface area contributed by atoms with Crippen molar-refractivity contribution in [3.63, 3.8) is 0 Å². The van der Waals surface area contributed by atoms with Crippen molar-refractivity contribution in [2.24, 2.45) is 0 Å². The minimum Gasteiger partial charge on any atom is -0.455 e. The largest absolute Gasteiger partial charge is 0.455 e. The molecule has 8 aromatic carbocycles. The van der Waals surface area contributed by atoms with Crippen LogP contribution in [0, 0.1) is 0 Å². The first-order chi connectivity index (χ1) is 26.3. The summed E-state index contributed by atoms with van der Waals surface area (Å²) in [5.41, 5.74) is 11.1. The molecule has 0 radical (unpaired) electrons. The smallest absolute Gasteiger partial charge is 0.167 e. The molecule has 0 saturated heterocycles. The monoisotopic (exact) mass is 677 g/mol. The molecular weight excluding hydrogens is 647 g/mol. The molecule has 0 fully saturated rings. The zero-order chi connectivity index (χ0) is 35.1. The fourth-order valence-corrected chi connectivity index (χ4v) is 7.44. The van der Waals surface area contributed by atoms with Crippen LogP contribution in [0.5, 0.6) is 0 Å². The molecule has 4 nitrogen and oxygen atoms in total. The van der Waals surface area contributed by atoms with Crippen molar-refractivity contribution in [1.29, 1.82) is 0 Å². The highest BCUT2D eigenvalue weighted by molar-refractivity contribution is 6.09. The lowest BCUT2D eigenvalue weighted by atomic mass is 9.92. The first-order valence-corrected chi connectivity index (χ1v) is 17.8. The van der Waals surface area contributed by atoms with Gasteiger partial charge in [-0.2, -0.15) is 0 Å².